The van der Waals surface area contributed by atoms with E-state index in [9.17, 15) is 4.39 Å². The van der Waals surface area contributed by atoms with Crippen molar-refractivity contribution in [3.05, 3.63) is 65.5 Å². The highest BCUT2D eigenvalue weighted by atomic mass is 19.1. The van der Waals surface area contributed by atoms with Crippen molar-refractivity contribution in [1.82, 2.24) is 5.32 Å². The number of halogens is 1. The summed E-state index contributed by atoms with van der Waals surface area (Å²) < 4.78 is 19.4. The van der Waals surface area contributed by atoms with Gasteiger partial charge in [-0.25, -0.2) is 4.39 Å². The summed E-state index contributed by atoms with van der Waals surface area (Å²) in [5.74, 6) is 0.484. The molecule has 98 valence electrons. The van der Waals surface area contributed by atoms with Gasteiger partial charge < -0.3 is 10.1 Å². The zero-order chi connectivity index (χ0) is 13.1. The summed E-state index contributed by atoms with van der Waals surface area (Å²) in [7, 11) is 0. The van der Waals surface area contributed by atoms with E-state index in [0.29, 0.717) is 18.3 Å². The molecule has 1 N–H and O–H groups in total. The van der Waals surface area contributed by atoms with E-state index in [4.69, 9.17) is 4.74 Å². The van der Waals surface area contributed by atoms with Crippen molar-refractivity contribution in [2.45, 2.75) is 12.5 Å². The van der Waals surface area contributed by atoms with Crippen LogP contribution in [0.2, 0.25) is 0 Å². The zero-order valence-electron chi connectivity index (χ0n) is 10.6. The van der Waals surface area contributed by atoms with Gasteiger partial charge in [0.05, 0.1) is 0 Å². The first-order valence-electron chi connectivity index (χ1n) is 6.50. The van der Waals surface area contributed by atoms with Crippen LogP contribution in [0.15, 0.2) is 48.5 Å². The van der Waals surface area contributed by atoms with Crippen LogP contribution >= 0.6 is 0 Å². The Balaban J connectivity index is 1.67. The summed E-state index contributed by atoms with van der Waals surface area (Å²) in [5.41, 5.74) is 2.08. The monoisotopic (exact) mass is 257 g/mol. The second-order valence-corrected chi connectivity index (χ2v) is 4.82. The van der Waals surface area contributed by atoms with E-state index in [2.05, 4.69) is 5.32 Å². The number of rotatable bonds is 4. The molecule has 1 aliphatic rings. The molecule has 19 heavy (non-hydrogen) atoms. The molecule has 0 unspecified atom stereocenters. The fourth-order valence-corrected chi connectivity index (χ4v) is 2.15. The summed E-state index contributed by atoms with van der Waals surface area (Å²) in [6.45, 7) is 2.26. The summed E-state index contributed by atoms with van der Waals surface area (Å²) in [4.78, 5) is 0. The van der Waals surface area contributed by atoms with Gasteiger partial charge in [0.2, 0.25) is 0 Å². The lowest BCUT2D eigenvalue weighted by Gasteiger charge is -2.27. The second kappa shape index (κ2) is 5.41. The molecule has 1 saturated heterocycles. The Hall–Kier alpha value is -1.87. The number of hydrogen-bond donors (Lipinski definition) is 1. The molecule has 2 aromatic rings. The predicted molar refractivity (Wildman–Crippen MR) is 72.8 cm³/mol. The molecule has 0 amide bonds. The minimum Gasteiger partial charge on any atom is -0.486 e. The highest BCUT2D eigenvalue weighted by molar-refractivity contribution is 5.33. The van der Waals surface area contributed by atoms with Crippen molar-refractivity contribution < 1.29 is 9.13 Å². The Labute approximate surface area is 112 Å². The van der Waals surface area contributed by atoms with E-state index in [1.165, 1.54) is 0 Å². The van der Waals surface area contributed by atoms with Crippen LogP contribution < -0.4 is 10.1 Å². The van der Waals surface area contributed by atoms with Gasteiger partial charge in [0.1, 0.15) is 6.61 Å². The van der Waals surface area contributed by atoms with Crippen LogP contribution in [0, 0.1) is 5.82 Å². The van der Waals surface area contributed by atoms with Crippen molar-refractivity contribution in [3.8, 4) is 5.75 Å². The molecular weight excluding hydrogens is 241 g/mol. The third kappa shape index (κ3) is 2.76. The van der Waals surface area contributed by atoms with Crippen LogP contribution in [-0.2, 0) is 6.61 Å². The van der Waals surface area contributed by atoms with Crippen LogP contribution in [0.3, 0.4) is 0 Å². The van der Waals surface area contributed by atoms with Crippen molar-refractivity contribution in [1.29, 1.82) is 0 Å². The predicted octanol–water partition coefficient (Wildman–Crippen LogP) is 3.09. The maximum Gasteiger partial charge on any atom is 0.165 e. The molecule has 0 aromatic heterocycles. The molecular formula is C16H16FNO. The Morgan fingerprint density at radius 3 is 2.53 bits per heavy atom. The van der Waals surface area contributed by atoms with Crippen LogP contribution in [0.25, 0.3) is 0 Å². The first kappa shape index (κ1) is 12.2. The molecule has 3 rings (SSSR count). The van der Waals surface area contributed by atoms with E-state index in [1.54, 1.807) is 12.1 Å². The lowest BCUT2D eigenvalue weighted by atomic mass is 9.94. The fraction of sp³-hybridized carbons (Fsp3) is 0.250. The fourth-order valence-electron chi connectivity index (χ4n) is 2.15. The van der Waals surface area contributed by atoms with Gasteiger partial charge >= 0.3 is 0 Å². The SMILES string of the molecule is Fc1cc(C2CNC2)ccc1OCc1ccccc1. The lowest BCUT2D eigenvalue weighted by molar-refractivity contribution is 0.290. The molecule has 0 aliphatic carbocycles. The van der Waals surface area contributed by atoms with Gasteiger partial charge in [-0.2, -0.15) is 0 Å². The molecule has 1 fully saturated rings. The minimum atomic E-state index is -0.277. The maximum atomic E-state index is 13.9. The normalized spacial score (nSPS) is 15.0. The van der Waals surface area contributed by atoms with E-state index >= 15 is 0 Å². The van der Waals surface area contributed by atoms with E-state index < -0.39 is 0 Å². The Morgan fingerprint density at radius 2 is 1.89 bits per heavy atom. The van der Waals surface area contributed by atoms with Crippen molar-refractivity contribution in [3.63, 3.8) is 0 Å². The minimum absolute atomic E-state index is 0.277. The van der Waals surface area contributed by atoms with Gasteiger partial charge in [-0.1, -0.05) is 36.4 Å². The summed E-state index contributed by atoms with van der Waals surface area (Å²) in [5, 5.41) is 3.19. The topological polar surface area (TPSA) is 21.3 Å². The van der Waals surface area contributed by atoms with E-state index in [0.717, 1.165) is 24.2 Å². The summed E-state index contributed by atoms with van der Waals surface area (Å²) in [6, 6.07) is 15.0. The highest BCUT2D eigenvalue weighted by Crippen LogP contribution is 2.25. The van der Waals surface area contributed by atoms with Gasteiger partial charge in [0.25, 0.3) is 0 Å². The number of ether oxygens (including phenoxy) is 1. The van der Waals surface area contributed by atoms with Crippen molar-refractivity contribution in [2.75, 3.05) is 13.1 Å². The highest BCUT2D eigenvalue weighted by Gasteiger charge is 2.20. The third-order valence-corrected chi connectivity index (χ3v) is 3.45. The van der Waals surface area contributed by atoms with E-state index in [-0.39, 0.29) is 5.82 Å². The number of hydrogen-bond acceptors (Lipinski definition) is 2. The Bertz CT molecular complexity index is 552. The quantitative estimate of drug-likeness (QED) is 0.908. The largest absolute Gasteiger partial charge is 0.486 e. The van der Waals surface area contributed by atoms with Crippen molar-refractivity contribution >= 4 is 0 Å². The van der Waals surface area contributed by atoms with Crippen molar-refractivity contribution in [2.24, 2.45) is 0 Å². The molecule has 0 bridgehead atoms. The smallest absolute Gasteiger partial charge is 0.165 e. The Kier molecular flexibility index (Phi) is 3.47. The average Bonchev–Trinajstić information content (AvgIpc) is 2.37. The second-order valence-electron chi connectivity index (χ2n) is 4.82. The van der Waals surface area contributed by atoms with Gasteiger partial charge in [-0.05, 0) is 23.3 Å². The van der Waals surface area contributed by atoms with Crippen LogP contribution in [-0.4, -0.2) is 13.1 Å². The lowest BCUT2D eigenvalue weighted by Crippen LogP contribution is -2.39. The van der Waals surface area contributed by atoms with E-state index in [1.807, 2.05) is 36.4 Å². The van der Waals surface area contributed by atoms with Crippen LogP contribution in [0.4, 0.5) is 4.39 Å². The maximum absolute atomic E-state index is 13.9. The van der Waals surface area contributed by atoms with Gasteiger partial charge in [0, 0.05) is 19.0 Å². The van der Waals surface area contributed by atoms with Gasteiger partial charge in [-0.3, -0.25) is 0 Å². The van der Waals surface area contributed by atoms with Gasteiger partial charge in [0.15, 0.2) is 11.6 Å². The zero-order valence-corrected chi connectivity index (χ0v) is 10.6. The number of benzene rings is 2. The molecule has 1 aliphatic heterocycles. The average molecular weight is 257 g/mol. The standard InChI is InChI=1S/C16H16FNO/c17-15-8-13(14-9-18-10-14)6-7-16(15)19-11-12-4-2-1-3-5-12/h1-8,14,18H,9-11H2. The molecule has 2 nitrogen and oxygen atoms in total. The Morgan fingerprint density at radius 1 is 1.11 bits per heavy atom. The molecule has 0 saturated carbocycles. The third-order valence-electron chi connectivity index (χ3n) is 3.45. The molecule has 0 atom stereocenters. The summed E-state index contributed by atoms with van der Waals surface area (Å²) in [6.07, 6.45) is 0. The molecule has 0 radical (unpaired) electrons. The molecule has 2 aromatic carbocycles. The molecule has 3 heteroatoms. The number of nitrogens with one attached hydrogen (secondary N) is 1. The van der Waals surface area contributed by atoms with Crippen LogP contribution in [0.1, 0.15) is 17.0 Å². The summed E-state index contributed by atoms with van der Waals surface area (Å²) >= 11 is 0. The molecule has 1 heterocycles. The first-order valence-corrected chi connectivity index (χ1v) is 6.50. The van der Waals surface area contributed by atoms with Crippen LogP contribution in [0.5, 0.6) is 5.75 Å². The van der Waals surface area contributed by atoms with Gasteiger partial charge in [-0.15, -0.1) is 0 Å². The molecule has 0 spiro atoms. The first-order chi connectivity index (χ1) is 9.33.